The van der Waals surface area contributed by atoms with E-state index in [1.807, 2.05) is 18.7 Å². The number of nitrogens with one attached hydrogen (secondary N) is 1. The van der Waals surface area contributed by atoms with Crippen molar-refractivity contribution < 1.29 is 17.6 Å². The van der Waals surface area contributed by atoms with Gasteiger partial charge >= 0.3 is 0 Å². The quantitative estimate of drug-likeness (QED) is 0.586. The van der Waals surface area contributed by atoms with Crippen LogP contribution < -0.4 is 4.72 Å². The number of sulfonamides is 1. The minimum absolute atomic E-state index is 0.0109. The van der Waals surface area contributed by atoms with E-state index >= 15 is 0 Å². The van der Waals surface area contributed by atoms with Gasteiger partial charge in [-0.2, -0.15) is 0 Å². The summed E-state index contributed by atoms with van der Waals surface area (Å²) in [5.41, 5.74) is 1.18. The van der Waals surface area contributed by atoms with Crippen LogP contribution in [0.25, 0.3) is 0 Å². The molecule has 1 amide bonds. The lowest BCUT2D eigenvalue weighted by Gasteiger charge is -2.24. The average Bonchev–Trinajstić information content (AvgIpc) is 2.61. The number of amides is 1. The molecule has 5 nitrogen and oxygen atoms in total. The van der Waals surface area contributed by atoms with E-state index in [4.69, 9.17) is 0 Å². The molecule has 1 aliphatic carbocycles. The van der Waals surface area contributed by atoms with E-state index in [0.29, 0.717) is 37.2 Å². The van der Waals surface area contributed by atoms with Crippen LogP contribution in [0.3, 0.4) is 0 Å². The van der Waals surface area contributed by atoms with Crippen molar-refractivity contribution in [2.24, 2.45) is 0 Å². The second kappa shape index (κ2) is 10.8. The molecule has 0 aromatic heterocycles. The topological polar surface area (TPSA) is 66.5 Å². The Labute approximate surface area is 155 Å². The smallest absolute Gasteiger partial charge is 0.254 e. The summed E-state index contributed by atoms with van der Waals surface area (Å²) in [6.07, 6.45) is 9.06. The van der Waals surface area contributed by atoms with Gasteiger partial charge < -0.3 is 4.90 Å². The molecule has 144 valence electrons. The molecule has 0 aromatic carbocycles. The van der Waals surface area contributed by atoms with Crippen LogP contribution in [0.15, 0.2) is 59.5 Å². The maximum atomic E-state index is 12.9. The number of hydrogen-bond donors (Lipinski definition) is 1. The Bertz CT molecular complexity index is 728. The normalized spacial score (nSPS) is 15.4. The van der Waals surface area contributed by atoms with E-state index < -0.39 is 15.9 Å². The monoisotopic (exact) mass is 382 g/mol. The zero-order valence-corrected chi connectivity index (χ0v) is 16.2. The summed E-state index contributed by atoms with van der Waals surface area (Å²) in [4.78, 5) is 14.4. The van der Waals surface area contributed by atoms with Crippen LogP contribution in [0.1, 0.15) is 39.5 Å². The van der Waals surface area contributed by atoms with Gasteiger partial charge in [0.25, 0.3) is 10.0 Å². The molecule has 0 fully saturated rings. The van der Waals surface area contributed by atoms with Crippen LogP contribution in [0.4, 0.5) is 4.39 Å². The zero-order valence-electron chi connectivity index (χ0n) is 15.4. The fourth-order valence-electron chi connectivity index (χ4n) is 2.48. The lowest BCUT2D eigenvalue weighted by molar-refractivity contribution is -0.127. The highest BCUT2D eigenvalue weighted by atomic mass is 32.2. The summed E-state index contributed by atoms with van der Waals surface area (Å²) in [5.74, 6) is -0.611. The first-order valence-corrected chi connectivity index (χ1v) is 10.3. The van der Waals surface area contributed by atoms with Crippen LogP contribution in [-0.4, -0.2) is 32.3 Å². The fourth-order valence-corrected chi connectivity index (χ4v) is 3.37. The van der Waals surface area contributed by atoms with Gasteiger partial charge in [-0.05, 0) is 50.0 Å². The molecule has 7 heteroatoms. The van der Waals surface area contributed by atoms with Crippen LogP contribution in [0.2, 0.25) is 0 Å². The van der Waals surface area contributed by atoms with Crippen LogP contribution >= 0.6 is 0 Å². The van der Waals surface area contributed by atoms with Crippen LogP contribution in [-0.2, 0) is 14.8 Å². The molecule has 0 atom stereocenters. The molecule has 0 heterocycles. The molecule has 0 aromatic rings. The number of halogens is 1. The summed E-state index contributed by atoms with van der Waals surface area (Å²) in [6.45, 7) is 8.73. The van der Waals surface area contributed by atoms with E-state index in [0.717, 1.165) is 36.5 Å². The first-order chi connectivity index (χ1) is 12.3. The van der Waals surface area contributed by atoms with Gasteiger partial charge in [-0.3, -0.25) is 9.52 Å². The molecule has 0 bridgehead atoms. The first-order valence-electron chi connectivity index (χ1n) is 8.71. The molecular formula is C19H27FN2O3S. The molecule has 26 heavy (non-hydrogen) atoms. The molecule has 0 radical (unpaired) electrons. The summed E-state index contributed by atoms with van der Waals surface area (Å²) in [7, 11) is -3.73. The highest BCUT2D eigenvalue weighted by Crippen LogP contribution is 2.20. The molecule has 0 saturated carbocycles. The Hall–Kier alpha value is -2.15. The van der Waals surface area contributed by atoms with E-state index in [1.54, 1.807) is 12.2 Å². The van der Waals surface area contributed by atoms with Crippen molar-refractivity contribution in [1.29, 1.82) is 0 Å². The van der Waals surface area contributed by atoms with Gasteiger partial charge in [0.2, 0.25) is 5.91 Å². The number of nitrogens with zero attached hydrogens (tertiary/aromatic N) is 1. The van der Waals surface area contributed by atoms with Gasteiger partial charge in [-0.1, -0.05) is 26.5 Å². The summed E-state index contributed by atoms with van der Waals surface area (Å²) in [6, 6.07) is 0. The van der Waals surface area contributed by atoms with Crippen molar-refractivity contribution in [3.05, 3.63) is 59.5 Å². The van der Waals surface area contributed by atoms with E-state index in [1.165, 1.54) is 0 Å². The van der Waals surface area contributed by atoms with Gasteiger partial charge in [0.15, 0.2) is 0 Å². The summed E-state index contributed by atoms with van der Waals surface area (Å²) in [5, 5.41) is 0.880. The first kappa shape index (κ1) is 21.9. The van der Waals surface area contributed by atoms with Crippen molar-refractivity contribution in [3.8, 4) is 0 Å². The van der Waals surface area contributed by atoms with Gasteiger partial charge in [-0.15, -0.1) is 0 Å². The van der Waals surface area contributed by atoms with Gasteiger partial charge in [0.05, 0.1) is 5.41 Å². The number of carbonyl (C=O) groups excluding carboxylic acids is 1. The maximum absolute atomic E-state index is 12.9. The Morgan fingerprint density at radius 3 is 2.42 bits per heavy atom. The molecule has 0 unspecified atom stereocenters. The van der Waals surface area contributed by atoms with Crippen molar-refractivity contribution in [2.75, 3.05) is 13.1 Å². The van der Waals surface area contributed by atoms with Crippen molar-refractivity contribution in [2.45, 2.75) is 39.5 Å². The van der Waals surface area contributed by atoms with E-state index in [2.05, 4.69) is 11.3 Å². The highest BCUT2D eigenvalue weighted by Gasteiger charge is 2.20. The van der Waals surface area contributed by atoms with E-state index in [-0.39, 0.29) is 5.91 Å². The number of hydrogen-bond acceptors (Lipinski definition) is 3. The predicted octanol–water partition coefficient (Wildman–Crippen LogP) is 3.71. The number of rotatable bonds is 10. The second-order valence-corrected chi connectivity index (χ2v) is 7.47. The van der Waals surface area contributed by atoms with Crippen molar-refractivity contribution >= 4 is 15.9 Å². The predicted molar refractivity (Wildman–Crippen MR) is 103 cm³/mol. The Morgan fingerprint density at radius 2 is 1.92 bits per heavy atom. The zero-order chi connectivity index (χ0) is 19.6. The highest BCUT2D eigenvalue weighted by molar-refractivity contribution is 7.92. The lowest BCUT2D eigenvalue weighted by atomic mass is 10.0. The summed E-state index contributed by atoms with van der Waals surface area (Å²) >= 11 is 0. The molecule has 1 rings (SSSR count). The molecule has 0 spiro atoms. The Balaban J connectivity index is 2.78. The SMILES string of the molecule is C=C/C(F)=C\C=C\S(=O)(=O)NC1=CC=C(C(=O)N(CCC)CCC)CC1. The third-order valence-electron chi connectivity index (χ3n) is 3.68. The lowest BCUT2D eigenvalue weighted by Crippen LogP contribution is -2.34. The molecule has 0 aliphatic heterocycles. The summed E-state index contributed by atoms with van der Waals surface area (Å²) < 4.78 is 39.2. The van der Waals surface area contributed by atoms with Gasteiger partial charge in [0.1, 0.15) is 5.83 Å². The molecule has 1 aliphatic rings. The molecule has 0 saturated heterocycles. The maximum Gasteiger partial charge on any atom is 0.254 e. The van der Waals surface area contributed by atoms with Crippen LogP contribution in [0.5, 0.6) is 0 Å². The standard InChI is InChI=1S/C19H27FN2O3S/c1-4-13-22(14-5-2)19(23)16-9-11-18(12-10-16)21-26(24,25)15-7-8-17(20)6-3/h6-9,11,15,21H,3-5,10,12-14H2,1-2H3/b15-7+,17-8+. The minimum Gasteiger partial charge on any atom is -0.339 e. The minimum atomic E-state index is -3.73. The second-order valence-electron chi connectivity index (χ2n) is 5.91. The third kappa shape index (κ3) is 7.39. The Morgan fingerprint density at radius 1 is 1.27 bits per heavy atom. The largest absolute Gasteiger partial charge is 0.339 e. The van der Waals surface area contributed by atoms with Gasteiger partial charge in [0, 0.05) is 24.4 Å². The third-order valence-corrected chi connectivity index (χ3v) is 4.74. The number of allylic oxidation sites excluding steroid dienone is 7. The fraction of sp³-hybridized carbons (Fsp3) is 0.421. The molecule has 1 N–H and O–H groups in total. The van der Waals surface area contributed by atoms with E-state index in [9.17, 15) is 17.6 Å². The molecular weight excluding hydrogens is 355 g/mol. The van der Waals surface area contributed by atoms with Crippen LogP contribution in [0, 0.1) is 0 Å². The van der Waals surface area contributed by atoms with Crippen molar-refractivity contribution in [1.82, 2.24) is 9.62 Å². The van der Waals surface area contributed by atoms with Gasteiger partial charge in [-0.25, -0.2) is 12.8 Å². The van der Waals surface area contributed by atoms with Crippen molar-refractivity contribution in [3.63, 3.8) is 0 Å². The average molecular weight is 383 g/mol. The Kier molecular flexibility index (Phi) is 9.05. The number of carbonyl (C=O) groups is 1.